The zero-order valence-electron chi connectivity index (χ0n) is 14.7. The summed E-state index contributed by atoms with van der Waals surface area (Å²) in [5, 5.41) is 0. The van der Waals surface area contributed by atoms with Gasteiger partial charge in [0.15, 0.2) is 0 Å². The first-order valence-corrected chi connectivity index (χ1v) is 9.25. The van der Waals surface area contributed by atoms with Crippen molar-refractivity contribution in [2.24, 2.45) is 0 Å². The van der Waals surface area contributed by atoms with Gasteiger partial charge >= 0.3 is 0 Å². The van der Waals surface area contributed by atoms with Crippen LogP contribution in [0.25, 0.3) is 0 Å². The number of anilines is 1. The molecule has 2 fully saturated rings. The highest BCUT2D eigenvalue weighted by atomic mass is 16.2. The van der Waals surface area contributed by atoms with Crippen LogP contribution < -0.4 is 10.5 Å². The van der Waals surface area contributed by atoms with Crippen LogP contribution in [0.4, 0.5) is 5.82 Å². The maximum Gasteiger partial charge on any atom is 0.255 e. The topological polar surface area (TPSA) is 82.2 Å². The summed E-state index contributed by atoms with van der Waals surface area (Å²) in [6.45, 7) is 3.54. The predicted octanol–water partition coefficient (Wildman–Crippen LogP) is 1.78. The first kappa shape index (κ1) is 16.8. The van der Waals surface area contributed by atoms with Gasteiger partial charge in [-0.05, 0) is 31.7 Å². The number of nitrogens with zero attached hydrogens (tertiary/aromatic N) is 4. The molecule has 1 amide bonds. The van der Waals surface area contributed by atoms with Crippen LogP contribution in [0.1, 0.15) is 47.7 Å². The van der Waals surface area contributed by atoms with E-state index in [4.69, 9.17) is 0 Å². The van der Waals surface area contributed by atoms with E-state index in [0.29, 0.717) is 24.6 Å². The minimum absolute atomic E-state index is 0.0276. The van der Waals surface area contributed by atoms with Crippen LogP contribution >= 0.6 is 0 Å². The summed E-state index contributed by atoms with van der Waals surface area (Å²) < 4.78 is 0. The number of carbonyl (C=O) groups is 1. The number of carbonyl (C=O) groups excluding carboxylic acids is 1. The van der Waals surface area contributed by atoms with Crippen LogP contribution in [0.2, 0.25) is 0 Å². The smallest absolute Gasteiger partial charge is 0.255 e. The lowest BCUT2D eigenvalue weighted by Crippen LogP contribution is -2.38. The first-order chi connectivity index (χ1) is 12.7. The molecule has 0 bridgehead atoms. The lowest BCUT2D eigenvalue weighted by Gasteiger charge is -2.32. The molecule has 7 heteroatoms. The van der Waals surface area contributed by atoms with E-state index < -0.39 is 0 Å². The van der Waals surface area contributed by atoms with Crippen molar-refractivity contribution in [2.75, 3.05) is 31.1 Å². The fourth-order valence-electron chi connectivity index (χ4n) is 3.81. The number of likely N-dealkylation sites (tertiary alicyclic amines) is 1. The molecule has 136 valence electrons. The third-order valence-electron chi connectivity index (χ3n) is 5.34. The second-order valence-electron chi connectivity index (χ2n) is 7.00. The van der Waals surface area contributed by atoms with Crippen LogP contribution in [0, 0.1) is 0 Å². The van der Waals surface area contributed by atoms with E-state index in [2.05, 4.69) is 25.9 Å². The van der Waals surface area contributed by atoms with Crippen LogP contribution in [0.5, 0.6) is 0 Å². The first-order valence-electron chi connectivity index (χ1n) is 9.25. The summed E-state index contributed by atoms with van der Waals surface area (Å²) in [7, 11) is 0. The monoisotopic (exact) mass is 353 g/mol. The van der Waals surface area contributed by atoms with Crippen LogP contribution in [0.15, 0.2) is 35.5 Å². The van der Waals surface area contributed by atoms with Crippen molar-refractivity contribution in [1.82, 2.24) is 19.9 Å². The van der Waals surface area contributed by atoms with Crippen molar-refractivity contribution in [1.29, 1.82) is 0 Å². The highest BCUT2D eigenvalue weighted by Gasteiger charge is 2.26. The number of hydrogen-bond donors (Lipinski definition) is 1. The lowest BCUT2D eigenvalue weighted by atomic mass is 9.93. The number of aromatic nitrogens is 3. The standard InChI is InChI=1S/C19H23N5O2/c25-18-4-3-15(12-20-18)19(26)24-9-5-14(6-10-24)16-11-17(22-13-21-16)23-7-1-2-8-23/h3-4,11-14H,1-2,5-10H2,(H,20,25). The van der Waals surface area contributed by atoms with Crippen molar-refractivity contribution >= 4 is 11.7 Å². The Morgan fingerprint density at radius 1 is 1.08 bits per heavy atom. The van der Waals surface area contributed by atoms with Crippen molar-refractivity contribution in [3.8, 4) is 0 Å². The van der Waals surface area contributed by atoms with E-state index >= 15 is 0 Å². The minimum Gasteiger partial charge on any atom is -0.357 e. The summed E-state index contributed by atoms with van der Waals surface area (Å²) in [6.07, 6.45) is 7.40. The molecule has 2 saturated heterocycles. The van der Waals surface area contributed by atoms with E-state index in [0.717, 1.165) is 37.4 Å². The van der Waals surface area contributed by atoms with Gasteiger partial charge in [-0.25, -0.2) is 9.97 Å². The molecule has 0 unspecified atom stereocenters. The molecular weight excluding hydrogens is 330 g/mol. The Hall–Kier alpha value is -2.70. The third-order valence-corrected chi connectivity index (χ3v) is 5.34. The molecule has 7 nitrogen and oxygen atoms in total. The van der Waals surface area contributed by atoms with Gasteiger partial charge < -0.3 is 14.8 Å². The molecular formula is C19H23N5O2. The van der Waals surface area contributed by atoms with Crippen LogP contribution in [-0.4, -0.2) is 51.9 Å². The van der Waals surface area contributed by atoms with Crippen molar-refractivity contribution in [3.05, 3.63) is 52.3 Å². The summed E-state index contributed by atoms with van der Waals surface area (Å²) in [5.74, 6) is 1.36. The molecule has 0 atom stereocenters. The van der Waals surface area contributed by atoms with Crippen LogP contribution in [-0.2, 0) is 0 Å². The lowest BCUT2D eigenvalue weighted by molar-refractivity contribution is 0.0711. The molecule has 1 N–H and O–H groups in total. The largest absolute Gasteiger partial charge is 0.357 e. The number of H-pyrrole nitrogens is 1. The Kier molecular flexibility index (Phi) is 4.69. The molecule has 26 heavy (non-hydrogen) atoms. The van der Waals surface area contributed by atoms with Gasteiger partial charge in [0.05, 0.1) is 5.56 Å². The molecule has 2 aliphatic heterocycles. The molecule has 0 radical (unpaired) electrons. The maximum absolute atomic E-state index is 12.6. The number of piperidine rings is 1. The summed E-state index contributed by atoms with van der Waals surface area (Å²) in [5.41, 5.74) is 1.41. The molecule has 0 spiro atoms. The molecule has 0 aromatic carbocycles. The Labute approximate surface area is 152 Å². The van der Waals surface area contributed by atoms with Gasteiger partial charge in [0.25, 0.3) is 5.91 Å². The number of amides is 1. The van der Waals surface area contributed by atoms with Gasteiger partial charge in [-0.3, -0.25) is 9.59 Å². The number of hydrogen-bond acceptors (Lipinski definition) is 5. The molecule has 2 aromatic heterocycles. The van der Waals surface area contributed by atoms with E-state index in [1.807, 2.05) is 4.90 Å². The zero-order valence-corrected chi connectivity index (χ0v) is 14.7. The SMILES string of the molecule is O=C(c1ccc(=O)[nH]c1)N1CCC(c2cc(N3CCCC3)ncn2)CC1. The zero-order chi connectivity index (χ0) is 17.9. The van der Waals surface area contributed by atoms with Crippen LogP contribution in [0.3, 0.4) is 0 Å². The predicted molar refractivity (Wildman–Crippen MR) is 98.4 cm³/mol. The molecule has 0 aliphatic carbocycles. The van der Waals surface area contributed by atoms with Gasteiger partial charge in [0.1, 0.15) is 12.1 Å². The quantitative estimate of drug-likeness (QED) is 0.910. The minimum atomic E-state index is -0.196. The number of nitrogens with one attached hydrogen (secondary N) is 1. The second-order valence-corrected chi connectivity index (χ2v) is 7.00. The average molecular weight is 353 g/mol. The van der Waals surface area contributed by atoms with Gasteiger partial charge in [0, 0.05) is 56.1 Å². The van der Waals surface area contributed by atoms with Gasteiger partial charge in [-0.1, -0.05) is 0 Å². The van der Waals surface area contributed by atoms with Gasteiger partial charge in [0.2, 0.25) is 5.56 Å². The van der Waals surface area contributed by atoms with E-state index in [9.17, 15) is 9.59 Å². The van der Waals surface area contributed by atoms with E-state index in [-0.39, 0.29) is 11.5 Å². The highest BCUT2D eigenvalue weighted by molar-refractivity contribution is 5.93. The van der Waals surface area contributed by atoms with Crippen molar-refractivity contribution in [2.45, 2.75) is 31.6 Å². The summed E-state index contributed by atoms with van der Waals surface area (Å²) in [4.78, 5) is 39.4. The molecule has 2 aromatic rings. The Morgan fingerprint density at radius 2 is 1.85 bits per heavy atom. The summed E-state index contributed by atoms with van der Waals surface area (Å²) in [6, 6.07) is 5.09. The molecule has 2 aliphatic rings. The number of aromatic amines is 1. The average Bonchev–Trinajstić information content (AvgIpc) is 3.23. The summed E-state index contributed by atoms with van der Waals surface area (Å²) >= 11 is 0. The third kappa shape index (κ3) is 3.47. The normalized spacial score (nSPS) is 18.3. The second kappa shape index (κ2) is 7.27. The Bertz CT molecular complexity index is 815. The Morgan fingerprint density at radius 3 is 2.54 bits per heavy atom. The molecule has 4 rings (SSSR count). The fraction of sp³-hybridized carbons (Fsp3) is 0.474. The van der Waals surface area contributed by atoms with Crippen molar-refractivity contribution in [3.63, 3.8) is 0 Å². The highest BCUT2D eigenvalue weighted by Crippen LogP contribution is 2.29. The number of rotatable bonds is 3. The molecule has 0 saturated carbocycles. The fourth-order valence-corrected chi connectivity index (χ4v) is 3.81. The van der Waals surface area contributed by atoms with E-state index in [1.165, 1.54) is 25.1 Å². The van der Waals surface area contributed by atoms with E-state index in [1.54, 1.807) is 12.4 Å². The van der Waals surface area contributed by atoms with Gasteiger partial charge in [-0.2, -0.15) is 0 Å². The van der Waals surface area contributed by atoms with Gasteiger partial charge in [-0.15, -0.1) is 0 Å². The Balaban J connectivity index is 1.40. The van der Waals surface area contributed by atoms with Crippen molar-refractivity contribution < 1.29 is 4.79 Å². The maximum atomic E-state index is 12.6. The molecule has 4 heterocycles. The number of pyridine rings is 1.